The van der Waals surface area contributed by atoms with Gasteiger partial charge in [-0.15, -0.1) is 0 Å². The molecule has 2 aromatic rings. The van der Waals surface area contributed by atoms with Gasteiger partial charge >= 0.3 is 5.97 Å². The number of nitrogens with zero attached hydrogens (tertiary/aromatic N) is 1. The van der Waals surface area contributed by atoms with Gasteiger partial charge in [-0.3, -0.25) is 4.99 Å². The van der Waals surface area contributed by atoms with E-state index in [9.17, 15) is 4.79 Å². The Morgan fingerprint density at radius 1 is 0.844 bits per heavy atom. The van der Waals surface area contributed by atoms with Gasteiger partial charge in [0.2, 0.25) is 0 Å². The van der Waals surface area contributed by atoms with Crippen LogP contribution in [0.25, 0.3) is 0 Å². The summed E-state index contributed by atoms with van der Waals surface area (Å²) in [4.78, 5) is 15.8. The van der Waals surface area contributed by atoms with Gasteiger partial charge in [0, 0.05) is 11.8 Å². The Bertz CT molecular complexity index is 841. The van der Waals surface area contributed by atoms with Crippen molar-refractivity contribution in [2.45, 2.75) is 52.4 Å². The van der Waals surface area contributed by atoms with Crippen LogP contribution in [-0.2, 0) is 9.53 Å². The van der Waals surface area contributed by atoms with Crippen molar-refractivity contribution in [3.8, 4) is 11.5 Å². The highest BCUT2D eigenvalue weighted by atomic mass is 16.5. The lowest BCUT2D eigenvalue weighted by Gasteiger charge is -2.07. The Morgan fingerprint density at radius 2 is 1.41 bits per heavy atom. The van der Waals surface area contributed by atoms with Gasteiger partial charge in [-0.05, 0) is 80.3 Å². The van der Waals surface area contributed by atoms with Crippen molar-refractivity contribution in [3.63, 3.8) is 0 Å². The maximum absolute atomic E-state index is 11.3. The Kier molecular flexibility index (Phi) is 11.7. The molecule has 0 bridgehead atoms. The van der Waals surface area contributed by atoms with Crippen LogP contribution >= 0.6 is 0 Å². The Hall–Kier alpha value is -3.08. The number of benzene rings is 2. The third-order valence-corrected chi connectivity index (χ3v) is 4.74. The number of carbonyl (C=O) groups is 1. The molecule has 0 saturated carbocycles. The van der Waals surface area contributed by atoms with Gasteiger partial charge in [-0.2, -0.15) is 0 Å². The summed E-state index contributed by atoms with van der Waals surface area (Å²) in [6, 6.07) is 15.6. The summed E-state index contributed by atoms with van der Waals surface area (Å²) < 4.78 is 16.6. The number of hydrogen-bond donors (Lipinski definition) is 0. The molecule has 5 heteroatoms. The van der Waals surface area contributed by atoms with E-state index < -0.39 is 0 Å². The van der Waals surface area contributed by atoms with E-state index in [0.717, 1.165) is 48.6 Å². The molecule has 0 N–H and O–H groups in total. The third-order valence-electron chi connectivity index (χ3n) is 4.74. The molecule has 0 atom stereocenters. The molecule has 172 valence electrons. The molecule has 0 spiro atoms. The molecule has 0 radical (unpaired) electrons. The first-order valence-electron chi connectivity index (χ1n) is 11.4. The van der Waals surface area contributed by atoms with Crippen LogP contribution < -0.4 is 9.47 Å². The van der Waals surface area contributed by atoms with Crippen LogP contribution in [0.15, 0.2) is 65.7 Å². The van der Waals surface area contributed by atoms with Gasteiger partial charge in [0.25, 0.3) is 0 Å². The lowest BCUT2D eigenvalue weighted by atomic mass is 10.2. The van der Waals surface area contributed by atoms with Crippen LogP contribution in [0.1, 0.15) is 57.9 Å². The first-order chi connectivity index (χ1) is 15.6. The minimum absolute atomic E-state index is 0.342. The smallest absolute Gasteiger partial charge is 0.333 e. The van der Waals surface area contributed by atoms with Crippen molar-refractivity contribution in [2.75, 3.05) is 19.8 Å². The molecule has 5 nitrogen and oxygen atoms in total. The first kappa shape index (κ1) is 25.2. The maximum atomic E-state index is 11.3. The number of ether oxygens (including phenoxy) is 3. The fourth-order valence-corrected chi connectivity index (χ4v) is 2.83. The van der Waals surface area contributed by atoms with Crippen molar-refractivity contribution >= 4 is 17.9 Å². The van der Waals surface area contributed by atoms with Crippen LogP contribution in [0, 0.1) is 0 Å². The quantitative estimate of drug-likeness (QED) is 0.135. The average molecular weight is 438 g/mol. The largest absolute Gasteiger partial charge is 0.494 e. The highest BCUT2D eigenvalue weighted by Crippen LogP contribution is 2.19. The van der Waals surface area contributed by atoms with Gasteiger partial charge in [0.15, 0.2) is 0 Å². The molecule has 32 heavy (non-hydrogen) atoms. The summed E-state index contributed by atoms with van der Waals surface area (Å²) in [5.74, 6) is 1.35. The van der Waals surface area contributed by atoms with Crippen LogP contribution in [0.4, 0.5) is 5.69 Å². The number of hydrogen-bond acceptors (Lipinski definition) is 5. The predicted octanol–water partition coefficient (Wildman–Crippen LogP) is 6.67. The zero-order chi connectivity index (χ0) is 23.0. The first-order valence-corrected chi connectivity index (χ1v) is 11.4. The van der Waals surface area contributed by atoms with Crippen LogP contribution in [0.2, 0.25) is 0 Å². The minimum atomic E-state index is -0.342. The molecule has 0 saturated heterocycles. The van der Waals surface area contributed by atoms with E-state index in [4.69, 9.17) is 14.2 Å². The number of carbonyl (C=O) groups excluding carboxylic acids is 1. The van der Waals surface area contributed by atoms with E-state index in [1.165, 1.54) is 19.3 Å². The zero-order valence-corrected chi connectivity index (χ0v) is 19.3. The highest BCUT2D eigenvalue weighted by Gasteiger charge is 2.02. The molecule has 0 heterocycles. The Morgan fingerprint density at radius 3 is 2.00 bits per heavy atom. The van der Waals surface area contributed by atoms with Crippen molar-refractivity contribution < 1.29 is 19.0 Å². The van der Waals surface area contributed by atoms with Crippen molar-refractivity contribution in [1.29, 1.82) is 0 Å². The molecular weight excluding hydrogens is 402 g/mol. The van der Waals surface area contributed by atoms with E-state index in [1.807, 2.05) is 54.7 Å². The molecular formula is C27H35NO4. The van der Waals surface area contributed by atoms with Crippen LogP contribution in [0.5, 0.6) is 11.5 Å². The summed E-state index contributed by atoms with van der Waals surface area (Å²) in [5, 5.41) is 0. The number of unbranched alkanes of at least 4 members (excludes halogenated alkanes) is 4. The van der Waals surface area contributed by atoms with E-state index >= 15 is 0 Å². The average Bonchev–Trinajstić information content (AvgIpc) is 2.81. The van der Waals surface area contributed by atoms with Gasteiger partial charge in [0.1, 0.15) is 11.5 Å². The normalized spacial score (nSPS) is 10.8. The Balaban J connectivity index is 1.67. The summed E-state index contributed by atoms with van der Waals surface area (Å²) in [5.41, 5.74) is 2.31. The summed E-state index contributed by atoms with van der Waals surface area (Å²) in [6.07, 6.45) is 8.21. The number of aliphatic imine (C=N–C) groups is 1. The highest BCUT2D eigenvalue weighted by molar-refractivity contribution is 5.86. The van der Waals surface area contributed by atoms with Crippen LogP contribution in [0.3, 0.4) is 0 Å². The Labute approximate surface area is 192 Å². The number of esters is 1. The second-order valence-corrected chi connectivity index (χ2v) is 7.70. The van der Waals surface area contributed by atoms with Gasteiger partial charge < -0.3 is 14.2 Å². The monoisotopic (exact) mass is 437 g/mol. The van der Waals surface area contributed by atoms with Crippen LogP contribution in [-0.4, -0.2) is 32.0 Å². The second kappa shape index (κ2) is 14.8. The van der Waals surface area contributed by atoms with Crippen molar-refractivity contribution in [1.82, 2.24) is 0 Å². The second-order valence-electron chi connectivity index (χ2n) is 7.70. The topological polar surface area (TPSA) is 57.1 Å². The molecule has 0 aromatic heterocycles. The molecule has 2 rings (SSSR count). The van der Waals surface area contributed by atoms with E-state index in [-0.39, 0.29) is 5.97 Å². The predicted molar refractivity (Wildman–Crippen MR) is 130 cm³/mol. The van der Waals surface area contributed by atoms with Crippen molar-refractivity contribution in [2.24, 2.45) is 4.99 Å². The number of rotatable bonds is 15. The fourth-order valence-electron chi connectivity index (χ4n) is 2.83. The van der Waals surface area contributed by atoms with Gasteiger partial charge in [-0.1, -0.05) is 32.8 Å². The lowest BCUT2D eigenvalue weighted by Crippen LogP contribution is -2.07. The van der Waals surface area contributed by atoms with E-state index in [2.05, 4.69) is 18.5 Å². The molecule has 0 fully saturated rings. The lowest BCUT2D eigenvalue weighted by molar-refractivity contribution is -0.139. The minimum Gasteiger partial charge on any atom is -0.494 e. The summed E-state index contributed by atoms with van der Waals surface area (Å²) in [6.45, 7) is 9.13. The SMILES string of the molecule is C=C(C)C(=O)OCCCCOc1ccc(C=Nc2ccc(OCCCCCC)cc2)cc1. The standard InChI is InChI=1S/C27H35NO4/c1-4-5-6-7-18-30-26-16-12-24(13-17-26)28-21-23-10-14-25(15-11-23)31-19-8-9-20-32-27(29)22(2)3/h10-17,21H,2,4-9,18-20H2,1,3H3. The fraction of sp³-hybridized carbons (Fsp3) is 0.407. The van der Waals surface area contributed by atoms with E-state index in [0.29, 0.717) is 18.8 Å². The molecule has 0 unspecified atom stereocenters. The third kappa shape index (κ3) is 10.3. The molecule has 0 aliphatic carbocycles. The molecule has 0 amide bonds. The van der Waals surface area contributed by atoms with Crippen molar-refractivity contribution in [3.05, 3.63) is 66.2 Å². The zero-order valence-electron chi connectivity index (χ0n) is 19.3. The molecule has 0 aliphatic heterocycles. The maximum Gasteiger partial charge on any atom is 0.333 e. The van der Waals surface area contributed by atoms with E-state index in [1.54, 1.807) is 6.92 Å². The summed E-state index contributed by atoms with van der Waals surface area (Å²) >= 11 is 0. The summed E-state index contributed by atoms with van der Waals surface area (Å²) in [7, 11) is 0. The van der Waals surface area contributed by atoms with Gasteiger partial charge in [-0.25, -0.2) is 4.79 Å². The molecule has 0 aliphatic rings. The van der Waals surface area contributed by atoms with Gasteiger partial charge in [0.05, 0.1) is 25.5 Å². The molecule has 2 aromatic carbocycles.